The van der Waals surface area contributed by atoms with E-state index in [1.165, 1.54) is 11.6 Å². The smallest absolute Gasteiger partial charge is 0.266 e. The largest absolute Gasteiger partial charge is 0.488 e. The van der Waals surface area contributed by atoms with E-state index in [0.29, 0.717) is 23.6 Å². The monoisotopic (exact) mass is 446 g/mol. The highest BCUT2D eigenvalue weighted by molar-refractivity contribution is 9.10. The standard InChI is InChI=1S/C24H19BrN2O2/c1-17-9-11-18(12-10-17)16-29-23-8-3-2-5-19(23)13-20(15-26)24(28)27-22-7-4-6-21(25)14-22/h2-14H,16H2,1H3,(H,27,28)/b20-13-. The van der Waals surface area contributed by atoms with Crippen molar-refractivity contribution in [3.8, 4) is 11.8 Å². The predicted octanol–water partition coefficient (Wildman–Crippen LogP) is 5.88. The van der Waals surface area contributed by atoms with Crippen LogP contribution in [0.2, 0.25) is 0 Å². The van der Waals surface area contributed by atoms with Crippen LogP contribution in [0.3, 0.4) is 0 Å². The molecule has 3 aromatic rings. The zero-order valence-corrected chi connectivity index (χ0v) is 17.4. The molecule has 0 bridgehead atoms. The third kappa shape index (κ3) is 5.81. The van der Waals surface area contributed by atoms with Gasteiger partial charge in [-0.2, -0.15) is 5.26 Å². The highest BCUT2D eigenvalue weighted by Crippen LogP contribution is 2.23. The lowest BCUT2D eigenvalue weighted by molar-refractivity contribution is -0.112. The van der Waals surface area contributed by atoms with Crippen LogP contribution in [-0.2, 0) is 11.4 Å². The SMILES string of the molecule is Cc1ccc(COc2ccccc2/C=C(/C#N)C(=O)Nc2cccc(Br)c2)cc1. The fraction of sp³-hybridized carbons (Fsp3) is 0.0833. The molecule has 1 N–H and O–H groups in total. The first-order valence-electron chi connectivity index (χ1n) is 9.01. The Balaban J connectivity index is 1.77. The molecule has 0 aliphatic heterocycles. The van der Waals surface area contributed by atoms with Crippen molar-refractivity contribution >= 4 is 33.6 Å². The van der Waals surface area contributed by atoms with Crippen LogP contribution >= 0.6 is 15.9 Å². The Morgan fingerprint density at radius 2 is 1.86 bits per heavy atom. The summed E-state index contributed by atoms with van der Waals surface area (Å²) in [5.41, 5.74) is 3.50. The van der Waals surface area contributed by atoms with Gasteiger partial charge in [0.15, 0.2) is 0 Å². The molecular weight excluding hydrogens is 428 g/mol. The van der Waals surface area contributed by atoms with Crippen molar-refractivity contribution in [3.05, 3.63) is 99.5 Å². The number of aryl methyl sites for hydroxylation is 1. The van der Waals surface area contributed by atoms with Gasteiger partial charge in [0.1, 0.15) is 24.0 Å². The third-order valence-electron chi connectivity index (χ3n) is 4.18. The summed E-state index contributed by atoms with van der Waals surface area (Å²) in [4.78, 5) is 12.5. The molecule has 0 spiro atoms. The topological polar surface area (TPSA) is 62.1 Å². The average molecular weight is 447 g/mol. The van der Waals surface area contributed by atoms with Gasteiger partial charge < -0.3 is 10.1 Å². The molecule has 0 saturated heterocycles. The number of hydrogen-bond acceptors (Lipinski definition) is 3. The molecule has 4 nitrogen and oxygen atoms in total. The molecule has 0 aromatic heterocycles. The van der Waals surface area contributed by atoms with E-state index in [4.69, 9.17) is 4.74 Å². The van der Waals surface area contributed by atoms with Crippen molar-refractivity contribution in [2.45, 2.75) is 13.5 Å². The summed E-state index contributed by atoms with van der Waals surface area (Å²) in [6, 6.07) is 24.6. The van der Waals surface area contributed by atoms with Gasteiger partial charge in [-0.25, -0.2) is 0 Å². The van der Waals surface area contributed by atoms with Crippen molar-refractivity contribution < 1.29 is 9.53 Å². The number of carbonyl (C=O) groups excluding carboxylic acids is 1. The zero-order valence-electron chi connectivity index (χ0n) is 15.9. The van der Waals surface area contributed by atoms with Crippen LogP contribution in [0, 0.1) is 18.3 Å². The van der Waals surface area contributed by atoms with E-state index in [0.717, 1.165) is 10.0 Å². The Bertz CT molecular complexity index is 1080. The number of ether oxygens (including phenoxy) is 1. The molecule has 0 aliphatic rings. The predicted molar refractivity (Wildman–Crippen MR) is 118 cm³/mol. The van der Waals surface area contributed by atoms with Crippen LogP contribution in [0.15, 0.2) is 82.8 Å². The van der Waals surface area contributed by atoms with E-state index in [2.05, 4.69) is 21.2 Å². The second-order valence-corrected chi connectivity index (χ2v) is 7.36. The quantitative estimate of drug-likeness (QED) is 0.379. The second kappa shape index (κ2) is 9.72. The van der Waals surface area contributed by atoms with E-state index in [-0.39, 0.29) is 5.57 Å². The van der Waals surface area contributed by atoms with Gasteiger partial charge in [0, 0.05) is 15.7 Å². The van der Waals surface area contributed by atoms with Crippen LogP contribution in [0.25, 0.3) is 6.08 Å². The van der Waals surface area contributed by atoms with E-state index >= 15 is 0 Å². The van der Waals surface area contributed by atoms with Crippen molar-refractivity contribution in [1.29, 1.82) is 5.26 Å². The fourth-order valence-corrected chi connectivity index (χ4v) is 3.04. The Labute approximate surface area is 178 Å². The highest BCUT2D eigenvalue weighted by atomic mass is 79.9. The first kappa shape index (κ1) is 20.4. The third-order valence-corrected chi connectivity index (χ3v) is 4.67. The Morgan fingerprint density at radius 3 is 2.59 bits per heavy atom. The summed E-state index contributed by atoms with van der Waals surface area (Å²) >= 11 is 3.36. The van der Waals surface area contributed by atoms with Crippen LogP contribution in [0.4, 0.5) is 5.69 Å². The molecule has 3 rings (SSSR count). The second-order valence-electron chi connectivity index (χ2n) is 6.45. The molecule has 5 heteroatoms. The molecule has 0 unspecified atom stereocenters. The Hall–Kier alpha value is -3.36. The minimum absolute atomic E-state index is 0.00337. The fourth-order valence-electron chi connectivity index (χ4n) is 2.65. The van der Waals surface area contributed by atoms with Crippen LogP contribution in [0.5, 0.6) is 5.75 Å². The first-order chi connectivity index (χ1) is 14.0. The average Bonchev–Trinajstić information content (AvgIpc) is 2.72. The molecule has 1 amide bonds. The number of anilines is 1. The first-order valence-corrected chi connectivity index (χ1v) is 9.80. The van der Waals surface area contributed by atoms with Crippen LogP contribution < -0.4 is 10.1 Å². The molecule has 0 heterocycles. The summed E-state index contributed by atoms with van der Waals surface area (Å²) in [6.07, 6.45) is 1.54. The lowest BCUT2D eigenvalue weighted by Gasteiger charge is -2.10. The molecule has 0 aliphatic carbocycles. The Morgan fingerprint density at radius 1 is 1.10 bits per heavy atom. The maximum Gasteiger partial charge on any atom is 0.266 e. The molecular formula is C24H19BrN2O2. The molecule has 144 valence electrons. The van der Waals surface area contributed by atoms with Gasteiger partial charge in [0.2, 0.25) is 0 Å². The van der Waals surface area contributed by atoms with E-state index in [1.54, 1.807) is 12.1 Å². The number of nitriles is 1. The van der Waals surface area contributed by atoms with Gasteiger partial charge in [0.05, 0.1) is 0 Å². The van der Waals surface area contributed by atoms with Gasteiger partial charge in [-0.1, -0.05) is 70.0 Å². The minimum atomic E-state index is -0.473. The molecule has 0 fully saturated rings. The maximum absolute atomic E-state index is 12.5. The number of halogens is 1. The maximum atomic E-state index is 12.5. The van der Waals surface area contributed by atoms with Crippen molar-refractivity contribution in [2.24, 2.45) is 0 Å². The zero-order chi connectivity index (χ0) is 20.6. The molecule has 0 atom stereocenters. The number of amides is 1. The summed E-state index contributed by atoms with van der Waals surface area (Å²) in [5.74, 6) is 0.134. The molecule has 0 saturated carbocycles. The van der Waals surface area contributed by atoms with Gasteiger partial charge in [0.25, 0.3) is 5.91 Å². The van der Waals surface area contributed by atoms with Crippen LogP contribution in [-0.4, -0.2) is 5.91 Å². The molecule has 0 radical (unpaired) electrons. The van der Waals surface area contributed by atoms with Crippen molar-refractivity contribution in [1.82, 2.24) is 0 Å². The summed E-state index contributed by atoms with van der Waals surface area (Å²) in [7, 11) is 0. The summed E-state index contributed by atoms with van der Waals surface area (Å²) in [6.45, 7) is 2.44. The molecule has 29 heavy (non-hydrogen) atoms. The lowest BCUT2D eigenvalue weighted by Crippen LogP contribution is -2.13. The van der Waals surface area contributed by atoms with Crippen molar-refractivity contribution in [3.63, 3.8) is 0 Å². The number of nitrogens with one attached hydrogen (secondary N) is 1. The summed E-state index contributed by atoms with van der Waals surface area (Å²) in [5, 5.41) is 12.2. The number of hydrogen-bond donors (Lipinski definition) is 1. The summed E-state index contributed by atoms with van der Waals surface area (Å²) < 4.78 is 6.77. The normalized spacial score (nSPS) is 10.9. The highest BCUT2D eigenvalue weighted by Gasteiger charge is 2.11. The van der Waals surface area contributed by atoms with Gasteiger partial charge in [-0.05, 0) is 42.8 Å². The van der Waals surface area contributed by atoms with E-state index in [1.807, 2.05) is 73.7 Å². The number of benzene rings is 3. The number of rotatable bonds is 6. The number of carbonyl (C=O) groups is 1. The van der Waals surface area contributed by atoms with Gasteiger partial charge >= 0.3 is 0 Å². The van der Waals surface area contributed by atoms with Crippen LogP contribution in [0.1, 0.15) is 16.7 Å². The van der Waals surface area contributed by atoms with Gasteiger partial charge in [-0.15, -0.1) is 0 Å². The Kier molecular flexibility index (Phi) is 6.83. The minimum Gasteiger partial charge on any atom is -0.488 e. The molecule has 3 aromatic carbocycles. The number of para-hydroxylation sites is 1. The number of nitrogens with zero attached hydrogens (tertiary/aromatic N) is 1. The van der Waals surface area contributed by atoms with E-state index in [9.17, 15) is 10.1 Å². The van der Waals surface area contributed by atoms with Crippen molar-refractivity contribution in [2.75, 3.05) is 5.32 Å². The lowest BCUT2D eigenvalue weighted by atomic mass is 10.1. The van der Waals surface area contributed by atoms with E-state index < -0.39 is 5.91 Å². The van der Waals surface area contributed by atoms with Gasteiger partial charge in [-0.3, -0.25) is 4.79 Å².